The molecule has 0 saturated carbocycles. The van der Waals surface area contributed by atoms with Gasteiger partial charge in [-0.15, -0.1) is 0 Å². The highest BCUT2D eigenvalue weighted by molar-refractivity contribution is 7.90. The zero-order valence-corrected chi connectivity index (χ0v) is 20.1. The third-order valence-electron chi connectivity index (χ3n) is 4.77. The van der Waals surface area contributed by atoms with Crippen LogP contribution < -0.4 is 10.6 Å². The smallest absolute Gasteiger partial charge is 0.321 e. The van der Waals surface area contributed by atoms with Crippen LogP contribution in [0.1, 0.15) is 24.7 Å². The molecule has 3 aromatic rings. The van der Waals surface area contributed by atoms with E-state index in [0.29, 0.717) is 47.2 Å². The molecule has 3 rings (SSSR count). The first-order chi connectivity index (χ1) is 15.5. The predicted molar refractivity (Wildman–Crippen MR) is 125 cm³/mol. The number of hydrogen-bond acceptors (Lipinski definition) is 7. The van der Waals surface area contributed by atoms with Gasteiger partial charge in [-0.3, -0.25) is 5.32 Å². The number of nitrogens with one attached hydrogen (secondary N) is 2. The molecule has 2 heterocycles. The minimum absolute atomic E-state index is 0.343. The van der Waals surface area contributed by atoms with Gasteiger partial charge >= 0.3 is 6.03 Å². The number of aryl methyl sites for hydroxylation is 2. The summed E-state index contributed by atoms with van der Waals surface area (Å²) in [6.45, 7) is 4.51. The Balaban J connectivity index is 1.55. The van der Waals surface area contributed by atoms with Crippen LogP contribution in [0.2, 0.25) is 0 Å². The van der Waals surface area contributed by atoms with Gasteiger partial charge in [-0.05, 0) is 38.0 Å². The predicted octanol–water partition coefficient (Wildman–Crippen LogP) is 2.99. The Bertz CT molecular complexity index is 1240. The summed E-state index contributed by atoms with van der Waals surface area (Å²) in [4.78, 5) is 21.1. The minimum Gasteiger partial charge on any atom is -0.393 e. The van der Waals surface area contributed by atoms with Gasteiger partial charge in [0.1, 0.15) is 10.7 Å². The number of sulfone groups is 1. The number of aliphatic hydroxyl groups is 1. The van der Waals surface area contributed by atoms with E-state index in [0.717, 1.165) is 18.0 Å². The minimum atomic E-state index is -3.66. The van der Waals surface area contributed by atoms with E-state index in [1.807, 2.05) is 10.8 Å². The lowest BCUT2D eigenvalue weighted by atomic mass is 10.1. The molecule has 12 heteroatoms. The largest absolute Gasteiger partial charge is 0.393 e. The van der Waals surface area contributed by atoms with Crippen LogP contribution in [-0.4, -0.2) is 53.0 Å². The standard InChI is InChI=1S/C21H26FN5O4S2/c1-13(28)7-9-27-11-16(24-12-27)6-8-23-20(29)26-21-25-14(2)19(32-21)15-4-5-18(17(22)10-15)33(3,30)31/h4-5,10-13,28H,6-9H2,1-3H3,(H2,23,25,26,29). The Morgan fingerprint density at radius 1 is 1.36 bits per heavy atom. The van der Waals surface area contributed by atoms with Crippen LogP contribution in [0.5, 0.6) is 0 Å². The lowest BCUT2D eigenvalue weighted by molar-refractivity contribution is 0.178. The Kier molecular flexibility index (Phi) is 7.82. The highest BCUT2D eigenvalue weighted by atomic mass is 32.2. The lowest BCUT2D eigenvalue weighted by Gasteiger charge is -2.05. The number of imidazole rings is 1. The van der Waals surface area contributed by atoms with Crippen LogP contribution >= 0.6 is 11.3 Å². The van der Waals surface area contributed by atoms with Gasteiger partial charge in [-0.25, -0.2) is 27.6 Å². The number of benzene rings is 1. The molecule has 0 radical (unpaired) electrons. The fourth-order valence-corrected chi connectivity index (χ4v) is 4.79. The molecule has 33 heavy (non-hydrogen) atoms. The molecule has 2 amide bonds. The van der Waals surface area contributed by atoms with Gasteiger partial charge < -0.3 is 15.0 Å². The van der Waals surface area contributed by atoms with Crippen molar-refractivity contribution in [2.24, 2.45) is 0 Å². The van der Waals surface area contributed by atoms with Crippen molar-refractivity contribution in [2.75, 3.05) is 18.1 Å². The van der Waals surface area contributed by atoms with Crippen LogP contribution in [0.3, 0.4) is 0 Å². The van der Waals surface area contributed by atoms with Gasteiger partial charge in [0.25, 0.3) is 0 Å². The number of aliphatic hydroxyl groups excluding tert-OH is 1. The number of halogens is 1. The maximum Gasteiger partial charge on any atom is 0.321 e. The van der Waals surface area contributed by atoms with E-state index in [2.05, 4.69) is 20.6 Å². The summed E-state index contributed by atoms with van der Waals surface area (Å²) in [6, 6.07) is 3.47. The monoisotopic (exact) mass is 495 g/mol. The van der Waals surface area contributed by atoms with Crippen LogP contribution in [0, 0.1) is 12.7 Å². The molecule has 0 aliphatic carbocycles. The third kappa shape index (κ3) is 6.83. The Morgan fingerprint density at radius 2 is 2.12 bits per heavy atom. The van der Waals surface area contributed by atoms with Crippen molar-refractivity contribution < 1.29 is 22.7 Å². The van der Waals surface area contributed by atoms with Crippen molar-refractivity contribution in [1.29, 1.82) is 0 Å². The fourth-order valence-electron chi connectivity index (χ4n) is 3.10. The molecule has 0 spiro atoms. The van der Waals surface area contributed by atoms with Gasteiger partial charge in [0.05, 0.1) is 28.7 Å². The Labute approximate surface area is 195 Å². The number of rotatable bonds is 9. The maximum atomic E-state index is 14.2. The number of urea groups is 1. The van der Waals surface area contributed by atoms with E-state index < -0.39 is 21.7 Å². The van der Waals surface area contributed by atoms with Crippen molar-refractivity contribution >= 4 is 32.3 Å². The molecule has 0 bridgehead atoms. The maximum absolute atomic E-state index is 14.2. The van der Waals surface area contributed by atoms with E-state index in [1.165, 1.54) is 23.5 Å². The molecule has 2 aromatic heterocycles. The molecular formula is C21H26FN5O4S2. The van der Waals surface area contributed by atoms with Gasteiger partial charge in [-0.1, -0.05) is 17.4 Å². The van der Waals surface area contributed by atoms with E-state index in [4.69, 9.17) is 0 Å². The Morgan fingerprint density at radius 3 is 2.79 bits per heavy atom. The molecule has 1 aromatic carbocycles. The average molecular weight is 496 g/mol. The van der Waals surface area contributed by atoms with Crippen molar-refractivity contribution in [1.82, 2.24) is 19.9 Å². The number of aromatic nitrogens is 3. The normalized spacial score (nSPS) is 12.5. The average Bonchev–Trinajstić information content (AvgIpc) is 3.31. The molecular weight excluding hydrogens is 469 g/mol. The second kappa shape index (κ2) is 10.4. The molecule has 1 unspecified atom stereocenters. The van der Waals surface area contributed by atoms with Crippen molar-refractivity contribution in [2.45, 2.75) is 44.2 Å². The zero-order valence-electron chi connectivity index (χ0n) is 18.5. The topological polar surface area (TPSA) is 126 Å². The number of hydrogen-bond donors (Lipinski definition) is 3. The van der Waals surface area contributed by atoms with Crippen molar-refractivity contribution in [3.63, 3.8) is 0 Å². The summed E-state index contributed by atoms with van der Waals surface area (Å²) in [5, 5.41) is 15.1. The van der Waals surface area contributed by atoms with E-state index in [1.54, 1.807) is 20.2 Å². The summed E-state index contributed by atoms with van der Waals surface area (Å²) in [5.41, 5.74) is 1.90. The molecule has 0 fully saturated rings. The quantitative estimate of drug-likeness (QED) is 0.419. The Hall–Kier alpha value is -2.83. The van der Waals surface area contributed by atoms with Crippen LogP contribution in [0.25, 0.3) is 10.4 Å². The number of carbonyl (C=O) groups excluding carboxylic acids is 1. The van der Waals surface area contributed by atoms with E-state index in [-0.39, 0.29) is 11.0 Å². The summed E-state index contributed by atoms with van der Waals surface area (Å²) in [7, 11) is -3.66. The van der Waals surface area contributed by atoms with Crippen molar-refractivity contribution in [3.8, 4) is 10.4 Å². The number of carbonyl (C=O) groups is 1. The van der Waals surface area contributed by atoms with Crippen LogP contribution in [0.4, 0.5) is 14.3 Å². The molecule has 0 saturated heterocycles. The van der Waals surface area contributed by atoms with Gasteiger partial charge in [0.2, 0.25) is 0 Å². The number of thiazole rings is 1. The molecule has 3 N–H and O–H groups in total. The first-order valence-corrected chi connectivity index (χ1v) is 12.9. The molecule has 178 valence electrons. The second-order valence-electron chi connectivity index (χ2n) is 7.72. The highest BCUT2D eigenvalue weighted by Crippen LogP contribution is 2.34. The van der Waals surface area contributed by atoms with E-state index >= 15 is 0 Å². The summed E-state index contributed by atoms with van der Waals surface area (Å²) < 4.78 is 39.4. The number of amides is 2. The third-order valence-corrected chi connectivity index (χ3v) is 7.02. The molecule has 9 nitrogen and oxygen atoms in total. The molecule has 0 aliphatic heterocycles. The molecule has 0 aliphatic rings. The molecule has 1 atom stereocenters. The SMILES string of the molecule is Cc1nc(NC(=O)NCCc2cn(CCC(C)O)cn2)sc1-c1ccc(S(C)(=O)=O)c(F)c1. The zero-order chi connectivity index (χ0) is 24.2. The van der Waals surface area contributed by atoms with Crippen LogP contribution in [0.15, 0.2) is 35.6 Å². The van der Waals surface area contributed by atoms with Crippen molar-refractivity contribution in [3.05, 3.63) is 47.9 Å². The summed E-state index contributed by atoms with van der Waals surface area (Å²) in [6.07, 6.45) is 5.34. The first-order valence-electron chi connectivity index (χ1n) is 10.2. The van der Waals surface area contributed by atoms with Gasteiger partial charge in [-0.2, -0.15) is 0 Å². The second-order valence-corrected chi connectivity index (χ2v) is 10.7. The lowest BCUT2D eigenvalue weighted by Crippen LogP contribution is -2.30. The van der Waals surface area contributed by atoms with Gasteiger partial charge in [0, 0.05) is 32.0 Å². The van der Waals surface area contributed by atoms with Gasteiger partial charge in [0.15, 0.2) is 15.0 Å². The summed E-state index contributed by atoms with van der Waals surface area (Å²) >= 11 is 1.17. The van der Waals surface area contributed by atoms with E-state index in [9.17, 15) is 22.7 Å². The summed E-state index contributed by atoms with van der Waals surface area (Å²) in [5.74, 6) is -0.830. The van der Waals surface area contributed by atoms with Crippen LogP contribution in [-0.2, 0) is 22.8 Å². The first kappa shape index (κ1) is 24.8. The highest BCUT2D eigenvalue weighted by Gasteiger charge is 2.17. The number of anilines is 1. The fraction of sp³-hybridized carbons (Fsp3) is 0.381. The number of nitrogens with zero attached hydrogens (tertiary/aromatic N) is 3.